The van der Waals surface area contributed by atoms with Crippen molar-refractivity contribution < 1.29 is 4.79 Å². The summed E-state index contributed by atoms with van der Waals surface area (Å²) in [7, 11) is 0. The molecular weight excluding hydrogens is 252 g/mol. The van der Waals surface area contributed by atoms with Gasteiger partial charge in [0.1, 0.15) is 0 Å². The third kappa shape index (κ3) is 3.60. The fourth-order valence-electron chi connectivity index (χ4n) is 2.40. The molecule has 2 atom stereocenters. The molecule has 1 aromatic carbocycles. The van der Waals surface area contributed by atoms with Crippen molar-refractivity contribution in [3.8, 4) is 0 Å². The predicted molar refractivity (Wildman–Crippen MR) is 82.1 cm³/mol. The lowest BCUT2D eigenvalue weighted by molar-refractivity contribution is -0.113. The summed E-state index contributed by atoms with van der Waals surface area (Å²) in [4.78, 5) is 13.5. The number of carbonyl (C=O) groups excluding carboxylic acids is 1. The molecule has 0 aliphatic heterocycles. The van der Waals surface area contributed by atoms with E-state index in [1.54, 1.807) is 0 Å². The maximum atomic E-state index is 12.4. The van der Waals surface area contributed by atoms with Crippen LogP contribution < -0.4 is 0 Å². The summed E-state index contributed by atoms with van der Waals surface area (Å²) in [6, 6.07) is 9.88. The normalized spacial score (nSPS) is 22.7. The standard InChI is InChI=1S/C17H20OS/c1-12(2)14-10-9-13(3)16(11-14)17(18)19-15-7-5-4-6-8-15/h4-9,14,16H,1,10-11H2,2-3H3. The molecule has 0 saturated heterocycles. The molecule has 0 fully saturated rings. The van der Waals surface area contributed by atoms with E-state index in [1.165, 1.54) is 22.9 Å². The molecule has 100 valence electrons. The fourth-order valence-corrected chi connectivity index (χ4v) is 3.35. The van der Waals surface area contributed by atoms with E-state index in [0.717, 1.165) is 17.7 Å². The van der Waals surface area contributed by atoms with E-state index in [0.29, 0.717) is 5.92 Å². The first-order chi connectivity index (χ1) is 9.08. The zero-order chi connectivity index (χ0) is 13.8. The van der Waals surface area contributed by atoms with Crippen molar-refractivity contribution in [1.82, 2.24) is 0 Å². The van der Waals surface area contributed by atoms with Crippen molar-refractivity contribution in [3.63, 3.8) is 0 Å². The largest absolute Gasteiger partial charge is 0.286 e. The minimum atomic E-state index is 0.0423. The summed E-state index contributed by atoms with van der Waals surface area (Å²) in [6.45, 7) is 8.17. The van der Waals surface area contributed by atoms with Crippen molar-refractivity contribution >= 4 is 16.9 Å². The van der Waals surface area contributed by atoms with Crippen LogP contribution >= 0.6 is 11.8 Å². The average Bonchev–Trinajstić information content (AvgIpc) is 2.40. The second-order valence-corrected chi connectivity index (χ2v) is 6.33. The molecule has 19 heavy (non-hydrogen) atoms. The summed E-state index contributed by atoms with van der Waals surface area (Å²) in [5.41, 5.74) is 2.40. The summed E-state index contributed by atoms with van der Waals surface area (Å²) in [5, 5.41) is 0.255. The Morgan fingerprint density at radius 2 is 2.00 bits per heavy atom. The smallest absolute Gasteiger partial charge is 0.200 e. The third-order valence-corrected chi connectivity index (χ3v) is 4.73. The molecule has 0 spiro atoms. The number of hydrogen-bond donors (Lipinski definition) is 0. The minimum Gasteiger partial charge on any atom is -0.286 e. The van der Waals surface area contributed by atoms with Crippen LogP contribution in [-0.4, -0.2) is 5.12 Å². The van der Waals surface area contributed by atoms with Crippen LogP contribution in [0.15, 0.2) is 59.0 Å². The second-order valence-electron chi connectivity index (χ2n) is 5.25. The SMILES string of the molecule is C=C(C)C1CC=C(C)C(C(=O)Sc2ccccc2)C1. The van der Waals surface area contributed by atoms with Crippen molar-refractivity contribution in [2.45, 2.75) is 31.6 Å². The molecule has 2 heteroatoms. The van der Waals surface area contributed by atoms with Crippen LogP contribution in [0.1, 0.15) is 26.7 Å². The number of carbonyl (C=O) groups is 1. The summed E-state index contributed by atoms with van der Waals surface area (Å²) >= 11 is 1.36. The van der Waals surface area contributed by atoms with Gasteiger partial charge in [-0.25, -0.2) is 0 Å². The molecule has 0 heterocycles. The number of hydrogen-bond acceptors (Lipinski definition) is 2. The zero-order valence-electron chi connectivity index (χ0n) is 11.6. The Morgan fingerprint density at radius 1 is 1.32 bits per heavy atom. The molecule has 1 aliphatic carbocycles. The monoisotopic (exact) mass is 272 g/mol. The van der Waals surface area contributed by atoms with Gasteiger partial charge in [0.05, 0.1) is 0 Å². The molecule has 2 unspecified atom stereocenters. The number of allylic oxidation sites excluding steroid dienone is 3. The van der Waals surface area contributed by atoms with Gasteiger partial charge in [-0.3, -0.25) is 4.79 Å². The third-order valence-electron chi connectivity index (χ3n) is 3.74. The molecule has 0 bridgehead atoms. The van der Waals surface area contributed by atoms with Gasteiger partial charge in [-0.15, -0.1) is 0 Å². The highest BCUT2D eigenvalue weighted by Gasteiger charge is 2.28. The molecule has 0 amide bonds. The highest BCUT2D eigenvalue weighted by atomic mass is 32.2. The molecule has 1 aliphatic rings. The quantitative estimate of drug-likeness (QED) is 0.577. The molecule has 1 nitrogen and oxygen atoms in total. The second kappa shape index (κ2) is 6.25. The Bertz CT molecular complexity index is 501. The lowest BCUT2D eigenvalue weighted by Gasteiger charge is -2.27. The Balaban J connectivity index is 2.08. The number of thioether (sulfide) groups is 1. The first kappa shape index (κ1) is 14.1. The van der Waals surface area contributed by atoms with E-state index in [2.05, 4.69) is 26.5 Å². The lowest BCUT2D eigenvalue weighted by Crippen LogP contribution is -2.21. The van der Waals surface area contributed by atoms with Gasteiger partial charge in [-0.1, -0.05) is 53.8 Å². The van der Waals surface area contributed by atoms with E-state index in [9.17, 15) is 4.79 Å². The summed E-state index contributed by atoms with van der Waals surface area (Å²) in [6.07, 6.45) is 4.15. The number of rotatable bonds is 3. The molecule has 0 N–H and O–H groups in total. The summed E-state index contributed by atoms with van der Waals surface area (Å²) < 4.78 is 0. The Morgan fingerprint density at radius 3 is 2.63 bits per heavy atom. The van der Waals surface area contributed by atoms with Crippen LogP contribution in [0.3, 0.4) is 0 Å². The highest BCUT2D eigenvalue weighted by molar-refractivity contribution is 8.13. The average molecular weight is 272 g/mol. The molecule has 1 aromatic rings. The molecule has 0 aromatic heterocycles. The van der Waals surface area contributed by atoms with Crippen LogP contribution in [-0.2, 0) is 4.79 Å². The van der Waals surface area contributed by atoms with Gasteiger partial charge < -0.3 is 0 Å². The van der Waals surface area contributed by atoms with Gasteiger partial charge in [0.15, 0.2) is 0 Å². The van der Waals surface area contributed by atoms with E-state index >= 15 is 0 Å². The van der Waals surface area contributed by atoms with E-state index in [4.69, 9.17) is 0 Å². The molecule has 0 saturated carbocycles. The van der Waals surface area contributed by atoms with Crippen molar-refractivity contribution in [2.24, 2.45) is 11.8 Å². The van der Waals surface area contributed by atoms with Gasteiger partial charge >= 0.3 is 0 Å². The first-order valence-corrected chi connectivity index (χ1v) is 7.48. The lowest BCUT2D eigenvalue weighted by atomic mass is 9.79. The zero-order valence-corrected chi connectivity index (χ0v) is 12.4. The van der Waals surface area contributed by atoms with Gasteiger partial charge in [0, 0.05) is 10.8 Å². The van der Waals surface area contributed by atoms with Crippen molar-refractivity contribution in [3.05, 3.63) is 54.1 Å². The van der Waals surface area contributed by atoms with Crippen LogP contribution in [0, 0.1) is 11.8 Å². The summed E-state index contributed by atoms with van der Waals surface area (Å²) in [5.74, 6) is 0.495. The van der Waals surface area contributed by atoms with E-state index in [1.807, 2.05) is 30.3 Å². The molecular formula is C17H20OS. The highest BCUT2D eigenvalue weighted by Crippen LogP contribution is 2.36. The van der Waals surface area contributed by atoms with Gasteiger partial charge in [-0.05, 0) is 44.7 Å². The molecule has 0 radical (unpaired) electrons. The Labute approximate surface area is 119 Å². The van der Waals surface area contributed by atoms with Crippen LogP contribution in [0.25, 0.3) is 0 Å². The van der Waals surface area contributed by atoms with Gasteiger partial charge in [0.25, 0.3) is 0 Å². The van der Waals surface area contributed by atoms with Gasteiger partial charge in [-0.2, -0.15) is 0 Å². The topological polar surface area (TPSA) is 17.1 Å². The predicted octanol–water partition coefficient (Wildman–Crippen LogP) is 4.85. The Hall–Kier alpha value is -1.28. The number of benzene rings is 1. The van der Waals surface area contributed by atoms with Crippen LogP contribution in [0.4, 0.5) is 0 Å². The fraction of sp³-hybridized carbons (Fsp3) is 0.353. The van der Waals surface area contributed by atoms with Crippen LogP contribution in [0.5, 0.6) is 0 Å². The maximum Gasteiger partial charge on any atom is 0.200 e. The van der Waals surface area contributed by atoms with E-state index < -0.39 is 0 Å². The van der Waals surface area contributed by atoms with Gasteiger partial charge in [0.2, 0.25) is 5.12 Å². The van der Waals surface area contributed by atoms with E-state index in [-0.39, 0.29) is 11.0 Å². The van der Waals surface area contributed by atoms with Crippen LogP contribution in [0.2, 0.25) is 0 Å². The Kier molecular flexibility index (Phi) is 4.65. The molecule has 2 rings (SSSR count). The maximum absolute atomic E-state index is 12.4. The minimum absolute atomic E-state index is 0.0423. The van der Waals surface area contributed by atoms with Crippen molar-refractivity contribution in [2.75, 3.05) is 0 Å². The van der Waals surface area contributed by atoms with Crippen molar-refractivity contribution in [1.29, 1.82) is 0 Å². The first-order valence-electron chi connectivity index (χ1n) is 6.66.